The van der Waals surface area contributed by atoms with Crippen molar-refractivity contribution in [3.05, 3.63) is 237 Å². The summed E-state index contributed by atoms with van der Waals surface area (Å²) in [4.78, 5) is 10.2. The zero-order chi connectivity index (χ0) is 42.8. The molecular formula is C62H39N3. The first kappa shape index (κ1) is 36.9. The largest absolute Gasteiger partial charge is 0.309 e. The predicted molar refractivity (Wildman–Crippen MR) is 274 cm³/mol. The topological polar surface area (TPSA) is 30.7 Å². The van der Waals surface area contributed by atoms with Gasteiger partial charge in [0.2, 0.25) is 0 Å². The first-order valence-corrected chi connectivity index (χ1v) is 22.2. The van der Waals surface area contributed by atoms with E-state index in [1.165, 1.54) is 82.4 Å². The molecule has 2 heterocycles. The molecule has 0 spiro atoms. The fourth-order valence-corrected chi connectivity index (χ4v) is 9.94. The molecule has 13 aromatic rings. The van der Waals surface area contributed by atoms with Crippen LogP contribution in [-0.4, -0.2) is 14.5 Å². The number of para-hydroxylation sites is 2. The van der Waals surface area contributed by atoms with Gasteiger partial charge in [-0.2, -0.15) is 0 Å². The van der Waals surface area contributed by atoms with Gasteiger partial charge < -0.3 is 4.57 Å². The van der Waals surface area contributed by atoms with E-state index in [1.54, 1.807) is 0 Å². The first-order valence-electron chi connectivity index (χ1n) is 22.2. The maximum absolute atomic E-state index is 5.24. The molecule has 3 nitrogen and oxygen atoms in total. The molecule has 65 heavy (non-hydrogen) atoms. The summed E-state index contributed by atoms with van der Waals surface area (Å²) in [6.07, 6.45) is 1.92. The van der Waals surface area contributed by atoms with Gasteiger partial charge in [-0.15, -0.1) is 0 Å². The van der Waals surface area contributed by atoms with Gasteiger partial charge in [0.05, 0.1) is 34.0 Å². The average molecular weight is 826 g/mol. The second kappa shape index (κ2) is 15.0. The minimum Gasteiger partial charge on any atom is -0.309 e. The maximum atomic E-state index is 5.24. The molecule has 0 aliphatic heterocycles. The molecule has 0 amide bonds. The molecular weight excluding hydrogens is 787 g/mol. The van der Waals surface area contributed by atoms with Crippen molar-refractivity contribution in [3.63, 3.8) is 0 Å². The first-order chi connectivity index (χ1) is 32.2. The summed E-state index contributed by atoms with van der Waals surface area (Å²) in [7, 11) is 0. The van der Waals surface area contributed by atoms with E-state index in [1.807, 2.05) is 6.20 Å². The number of nitrogens with zero attached hydrogens (tertiary/aromatic N) is 3. The number of hydrogen-bond donors (Lipinski definition) is 0. The molecule has 0 bridgehead atoms. The number of aromatic nitrogens is 3. The monoisotopic (exact) mass is 825 g/mol. The molecule has 0 aliphatic carbocycles. The lowest BCUT2D eigenvalue weighted by Crippen LogP contribution is -1.93. The fraction of sp³-hybridized carbons (Fsp3) is 0. The van der Waals surface area contributed by atoms with E-state index in [2.05, 4.69) is 235 Å². The normalized spacial score (nSPS) is 11.7. The van der Waals surface area contributed by atoms with Gasteiger partial charge in [-0.25, -0.2) is 4.98 Å². The van der Waals surface area contributed by atoms with Crippen molar-refractivity contribution in [2.45, 2.75) is 0 Å². The van der Waals surface area contributed by atoms with Gasteiger partial charge in [0.15, 0.2) is 0 Å². The Morgan fingerprint density at radius 3 is 1.37 bits per heavy atom. The number of benzene rings is 11. The van der Waals surface area contributed by atoms with E-state index < -0.39 is 0 Å². The minimum atomic E-state index is 0.866. The van der Waals surface area contributed by atoms with Crippen LogP contribution in [0.5, 0.6) is 0 Å². The highest BCUT2D eigenvalue weighted by molar-refractivity contribution is 6.23. The van der Waals surface area contributed by atoms with Crippen LogP contribution in [-0.2, 0) is 0 Å². The van der Waals surface area contributed by atoms with Gasteiger partial charge >= 0.3 is 0 Å². The van der Waals surface area contributed by atoms with Crippen molar-refractivity contribution in [1.29, 1.82) is 0 Å². The van der Waals surface area contributed by atoms with Crippen LogP contribution in [0, 0.1) is 0 Å². The van der Waals surface area contributed by atoms with Crippen LogP contribution in [0.4, 0.5) is 0 Å². The van der Waals surface area contributed by atoms with E-state index in [0.29, 0.717) is 0 Å². The van der Waals surface area contributed by atoms with Crippen LogP contribution < -0.4 is 0 Å². The molecule has 2 aromatic heterocycles. The van der Waals surface area contributed by atoms with Gasteiger partial charge in [-0.1, -0.05) is 188 Å². The Balaban J connectivity index is 0.757. The van der Waals surface area contributed by atoms with Crippen LogP contribution in [0.25, 0.3) is 127 Å². The van der Waals surface area contributed by atoms with Crippen LogP contribution in [0.15, 0.2) is 237 Å². The highest BCUT2D eigenvalue weighted by Crippen LogP contribution is 2.38. The average Bonchev–Trinajstić information content (AvgIpc) is 3.72. The number of fused-ring (bicyclic) bond motifs is 10. The lowest BCUT2D eigenvalue weighted by atomic mass is 9.95. The Bertz CT molecular complexity index is 3940. The minimum absolute atomic E-state index is 0.866. The van der Waals surface area contributed by atoms with E-state index >= 15 is 0 Å². The van der Waals surface area contributed by atoms with E-state index in [9.17, 15) is 0 Å². The number of rotatable bonds is 6. The number of hydrogen-bond acceptors (Lipinski definition) is 2. The third-order valence-electron chi connectivity index (χ3n) is 13.2. The van der Waals surface area contributed by atoms with Crippen molar-refractivity contribution >= 4 is 65.2 Å². The summed E-state index contributed by atoms with van der Waals surface area (Å²) in [6, 6.07) is 83.3. The molecule has 0 saturated heterocycles. The second-order valence-corrected chi connectivity index (χ2v) is 17.0. The van der Waals surface area contributed by atoms with Crippen molar-refractivity contribution in [1.82, 2.24) is 14.5 Å². The molecule has 302 valence electrons. The van der Waals surface area contributed by atoms with Gasteiger partial charge in [-0.3, -0.25) is 4.98 Å². The summed E-state index contributed by atoms with van der Waals surface area (Å²) in [5.41, 5.74) is 16.9. The van der Waals surface area contributed by atoms with Crippen LogP contribution in [0.2, 0.25) is 0 Å². The van der Waals surface area contributed by atoms with Crippen molar-refractivity contribution in [2.75, 3.05) is 0 Å². The van der Waals surface area contributed by atoms with Gasteiger partial charge in [0.25, 0.3) is 0 Å². The quantitative estimate of drug-likeness (QED) is 0.156. The molecule has 0 saturated carbocycles. The van der Waals surface area contributed by atoms with Crippen LogP contribution in [0.3, 0.4) is 0 Å². The van der Waals surface area contributed by atoms with Gasteiger partial charge in [0, 0.05) is 32.8 Å². The third kappa shape index (κ3) is 6.28. The van der Waals surface area contributed by atoms with Crippen molar-refractivity contribution < 1.29 is 0 Å². The van der Waals surface area contributed by atoms with Crippen LogP contribution in [0.1, 0.15) is 0 Å². The second-order valence-electron chi connectivity index (χ2n) is 17.0. The SMILES string of the molecule is c1ccc(-n2c3ccccc3c3ccc(-c4ccc(-c5ccc6cc(-c7ccc(-c8cccc(-c9cnc%10c%11ccccc%11c%11ccccc%11c%10n9)c8)cc7)ccc6c5)cc4)cc32)cc1. The summed E-state index contributed by atoms with van der Waals surface area (Å²) < 4.78 is 2.38. The van der Waals surface area contributed by atoms with Crippen LogP contribution >= 0.6 is 0 Å². The molecule has 0 radical (unpaired) electrons. The zero-order valence-electron chi connectivity index (χ0n) is 35.4. The molecule has 0 aliphatic rings. The molecule has 0 unspecified atom stereocenters. The lowest BCUT2D eigenvalue weighted by molar-refractivity contribution is 1.18. The van der Waals surface area contributed by atoms with E-state index in [4.69, 9.17) is 9.97 Å². The lowest BCUT2D eigenvalue weighted by Gasteiger charge is -2.11. The third-order valence-corrected chi connectivity index (χ3v) is 13.2. The molecule has 3 heteroatoms. The molecule has 0 atom stereocenters. The van der Waals surface area contributed by atoms with Gasteiger partial charge in [-0.05, 0) is 109 Å². The fourth-order valence-electron chi connectivity index (χ4n) is 9.94. The Morgan fingerprint density at radius 2 is 0.738 bits per heavy atom. The van der Waals surface area contributed by atoms with E-state index in [0.717, 1.165) is 44.2 Å². The molecule has 0 N–H and O–H groups in total. The summed E-state index contributed by atoms with van der Waals surface area (Å²) >= 11 is 0. The Morgan fingerprint density at radius 1 is 0.277 bits per heavy atom. The Hall–Kier alpha value is -8.66. The molecule has 11 aromatic carbocycles. The summed E-state index contributed by atoms with van der Waals surface area (Å²) in [5, 5.41) is 9.62. The highest BCUT2D eigenvalue weighted by Gasteiger charge is 2.15. The highest BCUT2D eigenvalue weighted by atomic mass is 15.0. The standard InChI is InChI=1S/C62H39N3/c1-2-13-51(14-3-1)65-59-20-9-8-17-54(59)55-34-33-49(38-60(55)65)43-27-25-42(26-28-43)46-30-32-47-35-45(29-31-48(47)36-46)41-23-21-40(22-24-41)44-11-10-12-50(37-44)58-39-63-61-56-18-6-4-15-52(56)53-16-5-7-19-57(53)62(61)64-58/h1-39H. The van der Waals surface area contributed by atoms with Crippen molar-refractivity contribution in [3.8, 4) is 61.5 Å². The van der Waals surface area contributed by atoms with Crippen molar-refractivity contribution in [2.24, 2.45) is 0 Å². The molecule has 0 fully saturated rings. The predicted octanol–water partition coefficient (Wildman–Crippen LogP) is 16.5. The Kier molecular flexibility index (Phi) is 8.53. The Labute approximate surface area is 376 Å². The smallest absolute Gasteiger partial charge is 0.0979 e. The maximum Gasteiger partial charge on any atom is 0.0979 e. The van der Waals surface area contributed by atoms with Gasteiger partial charge in [0.1, 0.15) is 0 Å². The summed E-state index contributed by atoms with van der Waals surface area (Å²) in [5.74, 6) is 0. The molecule has 13 rings (SSSR count). The summed E-state index contributed by atoms with van der Waals surface area (Å²) in [6.45, 7) is 0. The van der Waals surface area contributed by atoms with E-state index in [-0.39, 0.29) is 0 Å². The zero-order valence-corrected chi connectivity index (χ0v) is 35.4.